The third kappa shape index (κ3) is 4.01. The van der Waals surface area contributed by atoms with Crippen molar-refractivity contribution in [3.63, 3.8) is 0 Å². The monoisotopic (exact) mass is 389 g/mol. The number of fused-ring (bicyclic) bond motifs is 1. The highest BCUT2D eigenvalue weighted by Gasteiger charge is 2.18. The number of aryl methyl sites for hydroxylation is 1. The van der Waals surface area contributed by atoms with Crippen molar-refractivity contribution in [3.05, 3.63) is 83.6 Å². The average molecular weight is 389 g/mol. The molecule has 0 saturated carbocycles. The molecule has 6 heteroatoms. The maximum Gasteiger partial charge on any atom is 0.289 e. The van der Waals surface area contributed by atoms with Gasteiger partial charge in [-0.05, 0) is 42.0 Å². The van der Waals surface area contributed by atoms with Crippen LogP contribution in [0.4, 0.5) is 0 Å². The Bertz CT molecular complexity index is 1160. The highest BCUT2D eigenvalue weighted by molar-refractivity contribution is 5.91. The van der Waals surface area contributed by atoms with Crippen LogP contribution < -0.4 is 4.74 Å². The molecule has 148 valence electrons. The molecular weight excluding hydrogens is 366 g/mol. The summed E-state index contributed by atoms with van der Waals surface area (Å²) in [7, 11) is 3.64. The molecule has 29 heavy (non-hydrogen) atoms. The molecule has 2 aromatic heterocycles. The molecule has 0 bridgehead atoms. The van der Waals surface area contributed by atoms with Gasteiger partial charge in [0.2, 0.25) is 0 Å². The van der Waals surface area contributed by atoms with Crippen LogP contribution in [0, 0.1) is 6.92 Å². The van der Waals surface area contributed by atoms with Gasteiger partial charge < -0.3 is 14.1 Å². The zero-order valence-corrected chi connectivity index (χ0v) is 16.8. The largest absolute Gasteiger partial charge is 0.486 e. The highest BCUT2D eigenvalue weighted by atomic mass is 16.5. The number of hydrogen-bond acceptors (Lipinski definition) is 4. The maximum atomic E-state index is 12.7. The summed E-state index contributed by atoms with van der Waals surface area (Å²) in [6.07, 6.45) is 1.78. The quantitative estimate of drug-likeness (QED) is 0.493. The zero-order valence-electron chi connectivity index (χ0n) is 16.8. The lowest BCUT2D eigenvalue weighted by atomic mass is 10.1. The SMILES string of the molecule is Cc1c(CN(C)C(=O)c2ccc(COc3ccc4ccccc4c3)o2)cnn1C. The lowest BCUT2D eigenvalue weighted by Crippen LogP contribution is -2.26. The molecule has 0 fully saturated rings. The van der Waals surface area contributed by atoms with Crippen molar-refractivity contribution in [2.45, 2.75) is 20.1 Å². The number of nitrogens with zero attached hydrogens (tertiary/aromatic N) is 3. The second-order valence-corrected chi connectivity index (χ2v) is 7.10. The molecule has 0 aliphatic rings. The highest BCUT2D eigenvalue weighted by Crippen LogP contribution is 2.22. The van der Waals surface area contributed by atoms with Gasteiger partial charge in [0.25, 0.3) is 5.91 Å². The molecule has 0 radical (unpaired) electrons. The van der Waals surface area contributed by atoms with E-state index in [2.05, 4.69) is 11.2 Å². The van der Waals surface area contributed by atoms with Crippen molar-refractivity contribution in [1.82, 2.24) is 14.7 Å². The second kappa shape index (κ2) is 7.83. The van der Waals surface area contributed by atoms with Crippen molar-refractivity contribution in [1.29, 1.82) is 0 Å². The molecule has 0 spiro atoms. The average Bonchev–Trinajstić information content (AvgIpc) is 3.34. The maximum absolute atomic E-state index is 12.7. The van der Waals surface area contributed by atoms with Crippen molar-refractivity contribution in [2.24, 2.45) is 7.05 Å². The number of hydrogen-bond donors (Lipinski definition) is 0. The van der Waals surface area contributed by atoms with Crippen molar-refractivity contribution in [3.8, 4) is 5.75 Å². The minimum absolute atomic E-state index is 0.176. The zero-order chi connectivity index (χ0) is 20.4. The van der Waals surface area contributed by atoms with Crippen LogP contribution in [0.15, 0.2) is 65.2 Å². The molecule has 0 aliphatic carbocycles. The Labute approximate surface area is 169 Å². The summed E-state index contributed by atoms with van der Waals surface area (Å²) in [5.41, 5.74) is 2.04. The van der Waals surface area contributed by atoms with Crippen LogP contribution in [0.5, 0.6) is 5.75 Å². The third-order valence-corrected chi connectivity index (χ3v) is 5.07. The fourth-order valence-corrected chi connectivity index (χ4v) is 3.20. The van der Waals surface area contributed by atoms with E-state index in [4.69, 9.17) is 9.15 Å². The summed E-state index contributed by atoms with van der Waals surface area (Å²) in [6, 6.07) is 17.5. The van der Waals surface area contributed by atoms with Gasteiger partial charge in [0.05, 0.1) is 6.20 Å². The van der Waals surface area contributed by atoms with E-state index < -0.39 is 0 Å². The summed E-state index contributed by atoms with van der Waals surface area (Å²) >= 11 is 0. The number of ether oxygens (including phenoxy) is 1. The van der Waals surface area contributed by atoms with E-state index in [0.29, 0.717) is 18.1 Å². The number of aromatic nitrogens is 2. The van der Waals surface area contributed by atoms with Crippen molar-refractivity contribution < 1.29 is 13.9 Å². The van der Waals surface area contributed by atoms with Crippen molar-refractivity contribution >= 4 is 16.7 Å². The second-order valence-electron chi connectivity index (χ2n) is 7.10. The molecule has 4 aromatic rings. The van der Waals surface area contributed by atoms with Crippen LogP contribution in [-0.4, -0.2) is 27.6 Å². The van der Waals surface area contributed by atoms with Crippen LogP contribution in [0.1, 0.15) is 27.6 Å². The lowest BCUT2D eigenvalue weighted by Gasteiger charge is -2.15. The molecule has 0 saturated heterocycles. The Morgan fingerprint density at radius 3 is 2.69 bits per heavy atom. The fraction of sp³-hybridized carbons (Fsp3) is 0.217. The molecule has 6 nitrogen and oxygen atoms in total. The Kier molecular flexibility index (Phi) is 5.08. The molecule has 4 rings (SSSR count). The smallest absolute Gasteiger partial charge is 0.289 e. The predicted octanol–water partition coefficient (Wildman–Crippen LogP) is 4.33. The first-order valence-corrected chi connectivity index (χ1v) is 9.44. The van der Waals surface area contributed by atoms with Gasteiger partial charge in [-0.25, -0.2) is 0 Å². The van der Waals surface area contributed by atoms with E-state index in [-0.39, 0.29) is 12.5 Å². The lowest BCUT2D eigenvalue weighted by molar-refractivity contribution is 0.0749. The summed E-state index contributed by atoms with van der Waals surface area (Å²) in [6.45, 7) is 2.72. The Balaban J connectivity index is 1.39. The number of amides is 1. The Morgan fingerprint density at radius 2 is 1.93 bits per heavy atom. The minimum Gasteiger partial charge on any atom is -0.486 e. The van der Waals surface area contributed by atoms with E-state index in [9.17, 15) is 4.79 Å². The normalized spacial score (nSPS) is 11.0. The molecule has 2 heterocycles. The summed E-state index contributed by atoms with van der Waals surface area (Å²) in [5.74, 6) is 1.49. The molecule has 0 N–H and O–H groups in total. The van der Waals surface area contributed by atoms with Gasteiger partial charge in [0, 0.05) is 31.9 Å². The van der Waals surface area contributed by atoms with E-state index in [1.165, 1.54) is 0 Å². The Morgan fingerprint density at radius 1 is 1.14 bits per heavy atom. The van der Waals surface area contributed by atoms with Gasteiger partial charge in [-0.2, -0.15) is 5.10 Å². The van der Waals surface area contributed by atoms with E-state index in [1.807, 2.05) is 50.4 Å². The van der Waals surface area contributed by atoms with E-state index >= 15 is 0 Å². The van der Waals surface area contributed by atoms with Gasteiger partial charge >= 0.3 is 0 Å². The summed E-state index contributed by atoms with van der Waals surface area (Å²) in [4.78, 5) is 14.3. The minimum atomic E-state index is -0.176. The Hall–Kier alpha value is -3.54. The molecule has 2 aromatic carbocycles. The molecule has 0 unspecified atom stereocenters. The first-order valence-electron chi connectivity index (χ1n) is 9.44. The van der Waals surface area contributed by atoms with Gasteiger partial charge in [0.1, 0.15) is 18.1 Å². The number of carbonyl (C=O) groups excluding carboxylic acids is 1. The molecule has 0 atom stereocenters. The van der Waals surface area contributed by atoms with Gasteiger partial charge in [0.15, 0.2) is 5.76 Å². The first kappa shape index (κ1) is 18.8. The van der Waals surface area contributed by atoms with Crippen LogP contribution >= 0.6 is 0 Å². The number of carbonyl (C=O) groups is 1. The molecule has 0 aliphatic heterocycles. The van der Waals surface area contributed by atoms with Crippen LogP contribution in [-0.2, 0) is 20.2 Å². The summed E-state index contributed by atoms with van der Waals surface area (Å²) < 4.78 is 13.3. The topological polar surface area (TPSA) is 60.5 Å². The number of rotatable bonds is 6. The van der Waals surface area contributed by atoms with Gasteiger partial charge in [-0.1, -0.05) is 30.3 Å². The van der Waals surface area contributed by atoms with Crippen LogP contribution in [0.2, 0.25) is 0 Å². The third-order valence-electron chi connectivity index (χ3n) is 5.07. The van der Waals surface area contributed by atoms with E-state index in [1.54, 1.807) is 35.0 Å². The number of furan rings is 1. The molecule has 1 amide bonds. The number of benzene rings is 2. The van der Waals surface area contributed by atoms with Crippen LogP contribution in [0.3, 0.4) is 0 Å². The fourth-order valence-electron chi connectivity index (χ4n) is 3.20. The predicted molar refractivity (Wildman–Crippen MR) is 111 cm³/mol. The van der Waals surface area contributed by atoms with E-state index in [0.717, 1.165) is 27.8 Å². The standard InChI is InChI=1S/C23H23N3O3/c1-16-19(13-24-26(16)3)14-25(2)23(27)22-11-10-21(29-22)15-28-20-9-8-17-6-4-5-7-18(17)12-20/h4-13H,14-15H2,1-3H3. The van der Waals surface area contributed by atoms with Gasteiger partial charge in [-0.3, -0.25) is 9.48 Å². The van der Waals surface area contributed by atoms with Crippen LogP contribution in [0.25, 0.3) is 10.8 Å². The van der Waals surface area contributed by atoms with Crippen molar-refractivity contribution in [2.75, 3.05) is 7.05 Å². The van der Waals surface area contributed by atoms with Gasteiger partial charge in [-0.15, -0.1) is 0 Å². The first-order chi connectivity index (χ1) is 14.0. The molecular formula is C23H23N3O3. The summed E-state index contributed by atoms with van der Waals surface area (Å²) in [5, 5.41) is 6.50.